The molecule has 0 bridgehead atoms. The van der Waals surface area contributed by atoms with Gasteiger partial charge in [-0.2, -0.15) is 0 Å². The van der Waals surface area contributed by atoms with Gasteiger partial charge in [0.15, 0.2) is 5.82 Å². The third kappa shape index (κ3) is 4.20. The molecule has 0 spiro atoms. The van der Waals surface area contributed by atoms with Crippen molar-refractivity contribution in [1.82, 2.24) is 30.0 Å². The number of aromatic nitrogens is 4. The van der Waals surface area contributed by atoms with Gasteiger partial charge in [0.05, 0.1) is 11.6 Å². The summed E-state index contributed by atoms with van der Waals surface area (Å²) >= 11 is 0. The summed E-state index contributed by atoms with van der Waals surface area (Å²) in [7, 11) is 4.14. The first-order chi connectivity index (χ1) is 13.4. The van der Waals surface area contributed by atoms with E-state index in [0.717, 1.165) is 45.0 Å². The molecule has 0 radical (unpaired) electrons. The average Bonchev–Trinajstić information content (AvgIpc) is 3.19. The van der Waals surface area contributed by atoms with E-state index in [4.69, 9.17) is 0 Å². The molecule has 7 nitrogen and oxygen atoms in total. The van der Waals surface area contributed by atoms with Crippen molar-refractivity contribution in [2.45, 2.75) is 45.7 Å². The van der Waals surface area contributed by atoms with E-state index in [1.165, 1.54) is 11.3 Å². The van der Waals surface area contributed by atoms with Crippen LogP contribution in [-0.4, -0.2) is 76.8 Å². The molecule has 0 saturated carbocycles. The third-order valence-electron chi connectivity index (χ3n) is 6.12. The Balaban J connectivity index is 2.00. The van der Waals surface area contributed by atoms with E-state index >= 15 is 0 Å². The van der Waals surface area contributed by atoms with Crippen LogP contribution in [0.5, 0.6) is 0 Å². The van der Waals surface area contributed by atoms with Crippen LogP contribution in [-0.2, 0) is 5.54 Å². The van der Waals surface area contributed by atoms with Gasteiger partial charge in [0, 0.05) is 46.0 Å². The van der Waals surface area contributed by atoms with Crippen LogP contribution in [0, 0.1) is 0 Å². The summed E-state index contributed by atoms with van der Waals surface area (Å²) in [5.41, 5.74) is 2.33. The highest BCUT2D eigenvalue weighted by molar-refractivity contribution is 5.47. The first-order valence-corrected chi connectivity index (χ1v) is 10.4. The highest BCUT2D eigenvalue weighted by Gasteiger charge is 2.33. The quantitative estimate of drug-likeness (QED) is 0.730. The van der Waals surface area contributed by atoms with E-state index in [1.54, 1.807) is 0 Å². The minimum Gasteiger partial charge on any atom is -0.378 e. The molecule has 1 aromatic heterocycles. The highest BCUT2D eigenvalue weighted by Crippen LogP contribution is 2.32. The summed E-state index contributed by atoms with van der Waals surface area (Å²) in [5.74, 6) is 0.939. The number of nitrogens with zero attached hydrogens (tertiary/aromatic N) is 7. The van der Waals surface area contributed by atoms with E-state index in [9.17, 15) is 0 Å². The number of rotatable bonds is 7. The summed E-state index contributed by atoms with van der Waals surface area (Å²) in [6.45, 7) is 14.1. The maximum absolute atomic E-state index is 4.52. The Kier molecular flexibility index (Phi) is 6.35. The minimum absolute atomic E-state index is 0.0658. The molecule has 154 valence electrons. The Morgan fingerprint density at radius 1 is 1.04 bits per heavy atom. The SMILES string of the molecule is CCN1CCN([C@H](c2ccc(N(C)C)cc2)c2nnnn2C(C)(C)CC)CC1. The van der Waals surface area contributed by atoms with E-state index in [0.29, 0.717) is 0 Å². The fraction of sp³-hybridized carbons (Fsp3) is 0.667. The summed E-state index contributed by atoms with van der Waals surface area (Å²) in [6, 6.07) is 8.89. The second-order valence-electron chi connectivity index (χ2n) is 8.47. The fourth-order valence-electron chi connectivity index (χ4n) is 3.76. The van der Waals surface area contributed by atoms with Crippen molar-refractivity contribution in [2.75, 3.05) is 51.7 Å². The molecule has 1 aliphatic heterocycles. The Bertz CT molecular complexity index is 742. The molecule has 1 aliphatic rings. The Hall–Kier alpha value is -1.99. The molecule has 1 aromatic carbocycles. The van der Waals surface area contributed by atoms with Gasteiger partial charge in [0.25, 0.3) is 0 Å². The van der Waals surface area contributed by atoms with E-state index in [1.807, 2.05) is 4.68 Å². The normalized spacial score (nSPS) is 17.6. The van der Waals surface area contributed by atoms with Crippen LogP contribution < -0.4 is 4.90 Å². The van der Waals surface area contributed by atoms with E-state index in [2.05, 4.69) is 96.3 Å². The van der Waals surface area contributed by atoms with Gasteiger partial charge in [-0.3, -0.25) is 4.90 Å². The van der Waals surface area contributed by atoms with Crippen LogP contribution in [0.25, 0.3) is 0 Å². The molecule has 3 rings (SSSR count). The zero-order valence-corrected chi connectivity index (χ0v) is 18.3. The minimum atomic E-state index is -0.119. The lowest BCUT2D eigenvalue weighted by molar-refractivity contribution is 0.105. The number of benzene rings is 1. The number of likely N-dealkylation sites (N-methyl/N-ethyl adjacent to an activating group) is 1. The lowest BCUT2D eigenvalue weighted by Crippen LogP contribution is -2.48. The van der Waals surface area contributed by atoms with Gasteiger partial charge >= 0.3 is 0 Å². The molecule has 0 aliphatic carbocycles. The molecule has 0 amide bonds. The predicted molar refractivity (Wildman–Crippen MR) is 114 cm³/mol. The zero-order chi connectivity index (χ0) is 20.3. The van der Waals surface area contributed by atoms with Crippen molar-refractivity contribution in [3.8, 4) is 0 Å². The molecule has 2 heterocycles. The van der Waals surface area contributed by atoms with Crippen molar-refractivity contribution in [2.24, 2.45) is 0 Å². The van der Waals surface area contributed by atoms with Gasteiger partial charge in [0.2, 0.25) is 0 Å². The zero-order valence-electron chi connectivity index (χ0n) is 18.3. The van der Waals surface area contributed by atoms with Gasteiger partial charge < -0.3 is 9.80 Å². The number of hydrogen-bond donors (Lipinski definition) is 0. The van der Waals surface area contributed by atoms with Gasteiger partial charge in [-0.15, -0.1) is 5.10 Å². The molecule has 28 heavy (non-hydrogen) atoms. The van der Waals surface area contributed by atoms with Crippen LogP contribution in [0.3, 0.4) is 0 Å². The number of anilines is 1. The van der Waals surface area contributed by atoms with Crippen molar-refractivity contribution in [3.05, 3.63) is 35.7 Å². The lowest BCUT2D eigenvalue weighted by Gasteiger charge is -2.39. The largest absolute Gasteiger partial charge is 0.378 e. The van der Waals surface area contributed by atoms with E-state index in [-0.39, 0.29) is 11.6 Å². The molecule has 1 fully saturated rings. The number of hydrogen-bond acceptors (Lipinski definition) is 6. The maximum Gasteiger partial charge on any atom is 0.173 e. The average molecular weight is 386 g/mol. The molecular weight excluding hydrogens is 350 g/mol. The second-order valence-corrected chi connectivity index (χ2v) is 8.47. The molecule has 2 aromatic rings. The summed E-state index contributed by atoms with van der Waals surface area (Å²) in [6.07, 6.45) is 0.973. The van der Waals surface area contributed by atoms with E-state index < -0.39 is 0 Å². The van der Waals surface area contributed by atoms with Crippen LogP contribution in [0.4, 0.5) is 5.69 Å². The highest BCUT2D eigenvalue weighted by atomic mass is 15.6. The Morgan fingerprint density at radius 2 is 1.68 bits per heavy atom. The van der Waals surface area contributed by atoms with Crippen LogP contribution >= 0.6 is 0 Å². The first kappa shape index (κ1) is 20.7. The Morgan fingerprint density at radius 3 is 2.21 bits per heavy atom. The molecule has 1 saturated heterocycles. The molecule has 1 atom stereocenters. The van der Waals surface area contributed by atoms with Crippen LogP contribution in [0.15, 0.2) is 24.3 Å². The monoisotopic (exact) mass is 385 g/mol. The van der Waals surface area contributed by atoms with Crippen molar-refractivity contribution in [3.63, 3.8) is 0 Å². The summed E-state index contributed by atoms with van der Waals surface area (Å²) < 4.78 is 2.03. The van der Waals surface area contributed by atoms with Crippen LogP contribution in [0.2, 0.25) is 0 Å². The summed E-state index contributed by atoms with van der Waals surface area (Å²) in [5, 5.41) is 13.0. The van der Waals surface area contributed by atoms with Crippen LogP contribution in [0.1, 0.15) is 51.5 Å². The van der Waals surface area contributed by atoms with Gasteiger partial charge in [-0.25, -0.2) is 4.68 Å². The number of tetrazole rings is 1. The fourth-order valence-corrected chi connectivity index (χ4v) is 3.76. The van der Waals surface area contributed by atoms with Gasteiger partial charge in [0.1, 0.15) is 0 Å². The lowest BCUT2D eigenvalue weighted by atomic mass is 9.99. The molecule has 7 heteroatoms. The topological polar surface area (TPSA) is 53.3 Å². The second kappa shape index (κ2) is 8.57. The first-order valence-electron chi connectivity index (χ1n) is 10.4. The summed E-state index contributed by atoms with van der Waals surface area (Å²) in [4.78, 5) is 7.16. The molecule has 0 unspecified atom stereocenters. The van der Waals surface area contributed by atoms with Crippen molar-refractivity contribution >= 4 is 5.69 Å². The van der Waals surface area contributed by atoms with Gasteiger partial charge in [-0.1, -0.05) is 26.0 Å². The molecular formula is C21H35N7. The molecule has 0 N–H and O–H groups in total. The maximum atomic E-state index is 4.52. The van der Waals surface area contributed by atoms with Crippen molar-refractivity contribution in [1.29, 1.82) is 0 Å². The Labute approximate surface area is 169 Å². The standard InChI is InChI=1S/C21H35N7/c1-7-21(3,4)28-20(22-23-24-28)19(27-15-13-26(8-2)14-16-27)17-9-11-18(12-10-17)25(5)6/h9-12,19H,7-8,13-16H2,1-6H3/t19-/m1/s1. The smallest absolute Gasteiger partial charge is 0.173 e. The van der Waals surface area contributed by atoms with Crippen molar-refractivity contribution < 1.29 is 0 Å². The predicted octanol–water partition coefficient (Wildman–Crippen LogP) is 2.61. The number of piperazine rings is 1. The third-order valence-corrected chi connectivity index (χ3v) is 6.12. The van der Waals surface area contributed by atoms with Gasteiger partial charge in [-0.05, 0) is 54.9 Å².